The molecule has 2 aromatic rings. The minimum atomic E-state index is -4.11. The molecular formula is C13H14F3N3. The molecule has 0 amide bonds. The van der Waals surface area contributed by atoms with Crippen molar-refractivity contribution in [2.45, 2.75) is 25.6 Å². The largest absolute Gasteiger partial charge is 0.399 e. The number of hydrogen-bond acceptors (Lipinski definition) is 2. The Labute approximate surface area is 108 Å². The van der Waals surface area contributed by atoms with Crippen molar-refractivity contribution in [2.75, 3.05) is 5.73 Å². The first-order valence-corrected chi connectivity index (χ1v) is 5.89. The van der Waals surface area contributed by atoms with Crippen molar-refractivity contribution in [2.24, 2.45) is 0 Å². The molecule has 0 saturated heterocycles. The molecule has 19 heavy (non-hydrogen) atoms. The fourth-order valence-electron chi connectivity index (χ4n) is 1.88. The number of imidazole rings is 1. The fourth-order valence-corrected chi connectivity index (χ4v) is 1.88. The number of anilines is 1. The lowest BCUT2D eigenvalue weighted by molar-refractivity contribution is -0.135. The van der Waals surface area contributed by atoms with Gasteiger partial charge in [0.05, 0.1) is 0 Å². The van der Waals surface area contributed by atoms with Crippen molar-refractivity contribution >= 4 is 5.69 Å². The number of aryl methyl sites for hydroxylation is 1. The van der Waals surface area contributed by atoms with Crippen LogP contribution in [-0.2, 0) is 6.54 Å². The summed E-state index contributed by atoms with van der Waals surface area (Å²) in [4.78, 5) is 4.17. The molecule has 0 bridgehead atoms. The summed E-state index contributed by atoms with van der Waals surface area (Å²) in [5.74, 6) is 0.634. The van der Waals surface area contributed by atoms with Crippen LogP contribution in [0.15, 0.2) is 36.7 Å². The SMILES string of the molecule is Nc1cccc(-c2nccn2CCCC(F)(F)F)c1. The monoisotopic (exact) mass is 269 g/mol. The third kappa shape index (κ3) is 3.74. The molecule has 0 spiro atoms. The highest BCUT2D eigenvalue weighted by Gasteiger charge is 2.26. The van der Waals surface area contributed by atoms with Gasteiger partial charge in [-0.3, -0.25) is 0 Å². The second-order valence-electron chi connectivity index (χ2n) is 4.29. The normalized spacial score (nSPS) is 11.7. The molecule has 0 fully saturated rings. The van der Waals surface area contributed by atoms with E-state index in [0.29, 0.717) is 11.5 Å². The maximum Gasteiger partial charge on any atom is 0.389 e. The first kappa shape index (κ1) is 13.5. The quantitative estimate of drug-likeness (QED) is 0.864. The highest BCUT2D eigenvalue weighted by molar-refractivity contribution is 5.61. The Morgan fingerprint density at radius 2 is 2.05 bits per heavy atom. The molecule has 0 aliphatic heterocycles. The molecule has 102 valence electrons. The van der Waals surface area contributed by atoms with E-state index >= 15 is 0 Å². The molecule has 0 saturated carbocycles. The third-order valence-electron chi connectivity index (χ3n) is 2.72. The van der Waals surface area contributed by atoms with Gasteiger partial charge in [-0.05, 0) is 18.6 Å². The molecule has 6 heteroatoms. The smallest absolute Gasteiger partial charge is 0.389 e. The Hall–Kier alpha value is -1.98. The molecule has 1 aromatic carbocycles. The van der Waals surface area contributed by atoms with Gasteiger partial charge in [0.25, 0.3) is 0 Å². The van der Waals surface area contributed by atoms with E-state index in [1.165, 1.54) is 0 Å². The van der Waals surface area contributed by atoms with E-state index in [4.69, 9.17) is 5.73 Å². The van der Waals surface area contributed by atoms with Crippen LogP contribution >= 0.6 is 0 Å². The molecule has 2 N–H and O–H groups in total. The highest BCUT2D eigenvalue weighted by Crippen LogP contribution is 2.24. The number of nitrogens with two attached hydrogens (primary N) is 1. The number of benzene rings is 1. The van der Waals surface area contributed by atoms with E-state index in [9.17, 15) is 13.2 Å². The zero-order valence-corrected chi connectivity index (χ0v) is 10.2. The average Bonchev–Trinajstić information content (AvgIpc) is 2.75. The fraction of sp³-hybridized carbons (Fsp3) is 0.308. The lowest BCUT2D eigenvalue weighted by Crippen LogP contribution is -2.09. The molecule has 0 atom stereocenters. The summed E-state index contributed by atoms with van der Waals surface area (Å²) in [5.41, 5.74) is 7.09. The van der Waals surface area contributed by atoms with Gasteiger partial charge in [0.2, 0.25) is 0 Å². The number of halogens is 3. The van der Waals surface area contributed by atoms with Crippen molar-refractivity contribution in [1.82, 2.24) is 9.55 Å². The van der Waals surface area contributed by atoms with Crippen LogP contribution < -0.4 is 5.73 Å². The minimum Gasteiger partial charge on any atom is -0.399 e. The van der Waals surface area contributed by atoms with E-state index in [0.717, 1.165) is 5.56 Å². The van der Waals surface area contributed by atoms with E-state index < -0.39 is 12.6 Å². The van der Waals surface area contributed by atoms with Crippen LogP contribution in [0.5, 0.6) is 0 Å². The lowest BCUT2D eigenvalue weighted by atomic mass is 10.2. The van der Waals surface area contributed by atoms with Crippen molar-refractivity contribution in [1.29, 1.82) is 0 Å². The molecule has 1 heterocycles. The van der Waals surface area contributed by atoms with Gasteiger partial charge in [-0.2, -0.15) is 13.2 Å². The van der Waals surface area contributed by atoms with Crippen molar-refractivity contribution < 1.29 is 13.2 Å². The number of nitrogen functional groups attached to an aromatic ring is 1. The summed E-state index contributed by atoms with van der Waals surface area (Å²) in [6, 6.07) is 7.13. The van der Waals surface area contributed by atoms with Gasteiger partial charge in [0, 0.05) is 36.6 Å². The first-order valence-electron chi connectivity index (χ1n) is 5.89. The second-order valence-corrected chi connectivity index (χ2v) is 4.29. The standard InChI is InChI=1S/C13H14F3N3/c14-13(15,16)5-2-7-19-8-6-18-12(19)10-3-1-4-11(17)9-10/h1,3-4,6,8-9H,2,5,7,17H2. The number of nitrogens with zero attached hydrogens (tertiary/aromatic N) is 2. The Balaban J connectivity index is 2.10. The van der Waals surface area contributed by atoms with E-state index in [1.54, 1.807) is 35.2 Å². The van der Waals surface area contributed by atoms with Crippen LogP contribution in [0.4, 0.5) is 18.9 Å². The van der Waals surface area contributed by atoms with Crippen molar-refractivity contribution in [3.05, 3.63) is 36.7 Å². The minimum absolute atomic E-state index is 0.0369. The Bertz CT molecular complexity index is 546. The van der Waals surface area contributed by atoms with Gasteiger partial charge in [-0.1, -0.05) is 12.1 Å². The highest BCUT2D eigenvalue weighted by atomic mass is 19.4. The summed E-state index contributed by atoms with van der Waals surface area (Å²) in [7, 11) is 0. The molecule has 0 aliphatic rings. The van der Waals surface area contributed by atoms with E-state index in [1.807, 2.05) is 6.07 Å². The van der Waals surface area contributed by atoms with Gasteiger partial charge >= 0.3 is 6.18 Å². The van der Waals surface area contributed by atoms with Crippen LogP contribution in [-0.4, -0.2) is 15.7 Å². The molecule has 3 nitrogen and oxygen atoms in total. The predicted molar refractivity (Wildman–Crippen MR) is 67.4 cm³/mol. The maximum absolute atomic E-state index is 12.1. The zero-order valence-electron chi connectivity index (χ0n) is 10.2. The third-order valence-corrected chi connectivity index (χ3v) is 2.72. The summed E-state index contributed by atoms with van der Waals surface area (Å²) >= 11 is 0. The molecule has 2 rings (SSSR count). The summed E-state index contributed by atoms with van der Waals surface area (Å²) in [5, 5.41) is 0. The summed E-state index contributed by atoms with van der Waals surface area (Å²) in [6.07, 6.45) is -1.62. The van der Waals surface area contributed by atoms with Gasteiger partial charge < -0.3 is 10.3 Å². The van der Waals surface area contributed by atoms with Crippen LogP contribution in [0.25, 0.3) is 11.4 Å². The summed E-state index contributed by atoms with van der Waals surface area (Å²) in [6.45, 7) is 0.281. The number of aromatic nitrogens is 2. The molecule has 1 aromatic heterocycles. The van der Waals surface area contributed by atoms with Crippen LogP contribution in [0.2, 0.25) is 0 Å². The first-order chi connectivity index (χ1) is 8.96. The number of rotatable bonds is 4. The number of alkyl halides is 3. The Kier molecular flexibility index (Phi) is 3.78. The van der Waals surface area contributed by atoms with Crippen LogP contribution in [0, 0.1) is 0 Å². The Morgan fingerprint density at radius 1 is 1.26 bits per heavy atom. The van der Waals surface area contributed by atoms with E-state index in [-0.39, 0.29) is 13.0 Å². The van der Waals surface area contributed by atoms with Crippen LogP contribution in [0.1, 0.15) is 12.8 Å². The molecule has 0 aliphatic carbocycles. The topological polar surface area (TPSA) is 43.8 Å². The molecule has 0 unspecified atom stereocenters. The second kappa shape index (κ2) is 5.34. The Morgan fingerprint density at radius 3 is 2.74 bits per heavy atom. The van der Waals surface area contributed by atoms with Crippen molar-refractivity contribution in [3.63, 3.8) is 0 Å². The average molecular weight is 269 g/mol. The van der Waals surface area contributed by atoms with Gasteiger partial charge in [0.15, 0.2) is 0 Å². The predicted octanol–water partition coefficient (Wildman–Crippen LogP) is 3.47. The lowest BCUT2D eigenvalue weighted by Gasteiger charge is -2.09. The number of hydrogen-bond donors (Lipinski definition) is 1. The van der Waals surface area contributed by atoms with Crippen molar-refractivity contribution in [3.8, 4) is 11.4 Å². The van der Waals surface area contributed by atoms with Gasteiger partial charge in [-0.15, -0.1) is 0 Å². The van der Waals surface area contributed by atoms with Gasteiger partial charge in [-0.25, -0.2) is 4.98 Å². The van der Waals surface area contributed by atoms with E-state index in [2.05, 4.69) is 4.98 Å². The zero-order chi connectivity index (χ0) is 13.9. The van der Waals surface area contributed by atoms with Crippen LogP contribution in [0.3, 0.4) is 0 Å². The maximum atomic E-state index is 12.1. The summed E-state index contributed by atoms with van der Waals surface area (Å²) < 4.78 is 38.1. The van der Waals surface area contributed by atoms with Gasteiger partial charge in [0.1, 0.15) is 5.82 Å². The molecular weight excluding hydrogens is 255 g/mol. The molecule has 0 radical (unpaired) electrons.